The third-order valence-electron chi connectivity index (χ3n) is 1.05. The summed E-state index contributed by atoms with van der Waals surface area (Å²) < 4.78 is 0. The predicted molar refractivity (Wildman–Crippen MR) is 44.7 cm³/mol. The molecule has 60 valence electrons. The minimum Gasteiger partial charge on any atom is -0.258 e. The second-order valence-corrected chi connectivity index (χ2v) is 2.15. The van der Waals surface area contributed by atoms with E-state index in [0.717, 1.165) is 5.57 Å². The standard InChI is InChI=1S/C8H11NO2/c1-4-8(9(10)11)6-5-7(2)3/h4-6H,2H2,1,3H3/b6-5-,8-4+. The Bertz CT molecular complexity index is 226. The molecule has 0 unspecified atom stereocenters. The second-order valence-electron chi connectivity index (χ2n) is 2.15. The summed E-state index contributed by atoms with van der Waals surface area (Å²) in [6, 6.07) is 0. The van der Waals surface area contributed by atoms with Crippen LogP contribution in [0.3, 0.4) is 0 Å². The van der Waals surface area contributed by atoms with Crippen molar-refractivity contribution in [3.05, 3.63) is 46.2 Å². The molecule has 0 spiro atoms. The van der Waals surface area contributed by atoms with Gasteiger partial charge >= 0.3 is 0 Å². The smallest absolute Gasteiger partial charge is 0.258 e. The van der Waals surface area contributed by atoms with Crippen LogP contribution in [-0.4, -0.2) is 4.92 Å². The summed E-state index contributed by atoms with van der Waals surface area (Å²) in [4.78, 5) is 9.77. The molecule has 3 heteroatoms. The van der Waals surface area contributed by atoms with Gasteiger partial charge in [-0.1, -0.05) is 18.2 Å². The minimum absolute atomic E-state index is 0.0907. The van der Waals surface area contributed by atoms with Gasteiger partial charge in [-0.15, -0.1) is 0 Å². The summed E-state index contributed by atoms with van der Waals surface area (Å²) in [6.07, 6.45) is 4.49. The van der Waals surface area contributed by atoms with Gasteiger partial charge < -0.3 is 0 Å². The molecule has 0 aliphatic rings. The summed E-state index contributed by atoms with van der Waals surface area (Å²) in [6.45, 7) is 6.99. The quantitative estimate of drug-likeness (QED) is 0.354. The monoisotopic (exact) mass is 153 g/mol. The van der Waals surface area contributed by atoms with E-state index in [9.17, 15) is 10.1 Å². The van der Waals surface area contributed by atoms with Gasteiger partial charge in [0.05, 0.1) is 4.92 Å². The van der Waals surface area contributed by atoms with E-state index in [0.29, 0.717) is 0 Å². The maximum atomic E-state index is 10.2. The maximum Gasteiger partial charge on any atom is 0.265 e. The fourth-order valence-corrected chi connectivity index (χ4v) is 0.490. The average Bonchev–Trinajstić information content (AvgIpc) is 1.87. The van der Waals surface area contributed by atoms with Gasteiger partial charge in [-0.2, -0.15) is 0 Å². The Hall–Kier alpha value is -1.38. The molecule has 0 aliphatic heterocycles. The van der Waals surface area contributed by atoms with E-state index in [4.69, 9.17) is 0 Å². The summed E-state index contributed by atoms with van der Waals surface area (Å²) in [5.74, 6) is 0. The van der Waals surface area contributed by atoms with Crippen molar-refractivity contribution < 1.29 is 4.92 Å². The molecular weight excluding hydrogens is 142 g/mol. The van der Waals surface area contributed by atoms with Gasteiger partial charge in [0.1, 0.15) is 0 Å². The van der Waals surface area contributed by atoms with Crippen LogP contribution in [0.5, 0.6) is 0 Å². The lowest BCUT2D eigenvalue weighted by Gasteiger charge is -1.88. The minimum atomic E-state index is -0.431. The van der Waals surface area contributed by atoms with E-state index in [1.165, 1.54) is 12.2 Å². The van der Waals surface area contributed by atoms with Gasteiger partial charge in [0.2, 0.25) is 0 Å². The molecule has 3 nitrogen and oxygen atoms in total. The third kappa shape index (κ3) is 4.08. The van der Waals surface area contributed by atoms with E-state index in [-0.39, 0.29) is 5.70 Å². The highest BCUT2D eigenvalue weighted by atomic mass is 16.6. The lowest BCUT2D eigenvalue weighted by atomic mass is 10.3. The first-order valence-corrected chi connectivity index (χ1v) is 3.22. The Morgan fingerprint density at radius 1 is 1.55 bits per heavy atom. The van der Waals surface area contributed by atoms with Crippen molar-refractivity contribution in [2.45, 2.75) is 13.8 Å². The van der Waals surface area contributed by atoms with Crippen molar-refractivity contribution in [2.75, 3.05) is 0 Å². The largest absolute Gasteiger partial charge is 0.265 e. The molecule has 0 aromatic rings. The molecule has 0 radical (unpaired) electrons. The van der Waals surface area contributed by atoms with Crippen molar-refractivity contribution in [1.29, 1.82) is 0 Å². The molecule has 0 N–H and O–H groups in total. The lowest BCUT2D eigenvalue weighted by molar-refractivity contribution is -0.419. The predicted octanol–water partition coefficient (Wildman–Crippen LogP) is 2.30. The lowest BCUT2D eigenvalue weighted by Crippen LogP contribution is -1.93. The normalized spacial score (nSPS) is 12.0. The maximum absolute atomic E-state index is 10.2. The van der Waals surface area contributed by atoms with Crippen LogP contribution < -0.4 is 0 Å². The number of hydrogen-bond acceptors (Lipinski definition) is 2. The van der Waals surface area contributed by atoms with Crippen molar-refractivity contribution in [1.82, 2.24) is 0 Å². The van der Waals surface area contributed by atoms with Crippen molar-refractivity contribution in [3.8, 4) is 0 Å². The van der Waals surface area contributed by atoms with Crippen LogP contribution in [0.4, 0.5) is 0 Å². The molecule has 11 heavy (non-hydrogen) atoms. The Morgan fingerprint density at radius 3 is 2.36 bits per heavy atom. The topological polar surface area (TPSA) is 43.1 Å². The Morgan fingerprint density at radius 2 is 2.09 bits per heavy atom. The van der Waals surface area contributed by atoms with E-state index in [2.05, 4.69) is 6.58 Å². The molecule has 0 amide bonds. The molecule has 0 bridgehead atoms. The highest BCUT2D eigenvalue weighted by Crippen LogP contribution is 1.99. The molecule has 0 fully saturated rings. The van der Waals surface area contributed by atoms with Crippen molar-refractivity contribution in [2.24, 2.45) is 0 Å². The molecule has 0 saturated heterocycles. The first-order chi connectivity index (χ1) is 5.07. The first-order valence-electron chi connectivity index (χ1n) is 3.22. The average molecular weight is 153 g/mol. The van der Waals surface area contributed by atoms with Crippen molar-refractivity contribution in [3.63, 3.8) is 0 Å². The van der Waals surface area contributed by atoms with E-state index in [1.54, 1.807) is 19.9 Å². The van der Waals surface area contributed by atoms with Gasteiger partial charge in [-0.3, -0.25) is 10.1 Å². The Kier molecular flexibility index (Phi) is 3.88. The zero-order chi connectivity index (χ0) is 8.85. The van der Waals surface area contributed by atoms with E-state index >= 15 is 0 Å². The third-order valence-corrected chi connectivity index (χ3v) is 1.05. The molecule has 0 aromatic heterocycles. The fraction of sp³-hybridized carbons (Fsp3) is 0.250. The molecule has 0 heterocycles. The molecule has 0 aliphatic carbocycles. The summed E-state index contributed by atoms with van der Waals surface area (Å²) in [5, 5.41) is 10.2. The van der Waals surface area contributed by atoms with E-state index < -0.39 is 4.92 Å². The van der Waals surface area contributed by atoms with Crippen LogP contribution in [0.15, 0.2) is 36.1 Å². The molecule has 0 saturated carbocycles. The highest BCUT2D eigenvalue weighted by Gasteiger charge is 2.01. The van der Waals surface area contributed by atoms with Crippen LogP contribution in [0.1, 0.15) is 13.8 Å². The molecule has 0 rings (SSSR count). The summed E-state index contributed by atoms with van der Waals surface area (Å²) in [5.41, 5.74) is 0.888. The molecular formula is C8H11NO2. The number of allylic oxidation sites excluding steroid dienone is 4. The van der Waals surface area contributed by atoms with Crippen LogP contribution in [-0.2, 0) is 0 Å². The van der Waals surface area contributed by atoms with Gasteiger partial charge in [-0.25, -0.2) is 0 Å². The van der Waals surface area contributed by atoms with Crippen LogP contribution >= 0.6 is 0 Å². The summed E-state index contributed by atoms with van der Waals surface area (Å²) >= 11 is 0. The van der Waals surface area contributed by atoms with Crippen LogP contribution in [0.2, 0.25) is 0 Å². The van der Waals surface area contributed by atoms with Gasteiger partial charge in [0.25, 0.3) is 5.70 Å². The zero-order valence-corrected chi connectivity index (χ0v) is 6.70. The Balaban J connectivity index is 4.34. The van der Waals surface area contributed by atoms with Gasteiger partial charge in [0.15, 0.2) is 0 Å². The number of rotatable bonds is 3. The number of hydrogen-bond donors (Lipinski definition) is 0. The zero-order valence-electron chi connectivity index (χ0n) is 6.70. The fourth-order valence-electron chi connectivity index (χ4n) is 0.490. The second kappa shape index (κ2) is 4.44. The van der Waals surface area contributed by atoms with E-state index in [1.807, 2.05) is 0 Å². The van der Waals surface area contributed by atoms with Gasteiger partial charge in [0, 0.05) is 6.08 Å². The highest BCUT2D eigenvalue weighted by molar-refractivity contribution is 5.20. The van der Waals surface area contributed by atoms with Gasteiger partial charge in [-0.05, 0) is 19.9 Å². The van der Waals surface area contributed by atoms with Crippen LogP contribution in [0, 0.1) is 10.1 Å². The molecule has 0 atom stereocenters. The van der Waals surface area contributed by atoms with Crippen molar-refractivity contribution >= 4 is 0 Å². The Labute approximate surface area is 65.9 Å². The first kappa shape index (κ1) is 9.62. The molecule has 0 aromatic carbocycles. The SMILES string of the molecule is C=C(C)/C=C\C(=C/C)[N+](=O)[O-]. The summed E-state index contributed by atoms with van der Waals surface area (Å²) in [7, 11) is 0. The van der Waals surface area contributed by atoms with Crippen LogP contribution in [0.25, 0.3) is 0 Å². The number of nitrogens with zero attached hydrogens (tertiary/aromatic N) is 1. The number of nitro groups is 1.